The predicted molar refractivity (Wildman–Crippen MR) is 77.8 cm³/mol. The van der Waals surface area contributed by atoms with Crippen molar-refractivity contribution in [2.75, 3.05) is 19.6 Å². The number of ether oxygens (including phenoxy) is 1. The number of nitrogens with zero attached hydrogens (tertiary/aromatic N) is 1. The van der Waals surface area contributed by atoms with Crippen LogP contribution in [0.2, 0.25) is 0 Å². The lowest BCUT2D eigenvalue weighted by molar-refractivity contribution is -0.185. The Bertz CT molecular complexity index is 538. The van der Waals surface area contributed by atoms with E-state index in [0.29, 0.717) is 31.7 Å². The number of alkyl halides is 2. The van der Waals surface area contributed by atoms with Crippen LogP contribution in [0.1, 0.15) is 25.7 Å². The maximum Gasteiger partial charge on any atom is 0.253 e. The number of rotatable bonds is 3. The molecule has 1 saturated carbocycles. The van der Waals surface area contributed by atoms with E-state index in [-0.39, 0.29) is 25.3 Å². The van der Waals surface area contributed by atoms with Crippen LogP contribution in [0.15, 0.2) is 30.3 Å². The Morgan fingerprint density at radius 2 is 1.95 bits per heavy atom. The normalized spacial score (nSPS) is 28.9. The van der Waals surface area contributed by atoms with Crippen LogP contribution in [-0.2, 0) is 4.79 Å². The first-order valence-corrected chi connectivity index (χ1v) is 7.63. The molecule has 1 atom stereocenters. The zero-order valence-corrected chi connectivity index (χ0v) is 12.4. The van der Waals surface area contributed by atoms with Gasteiger partial charge in [0, 0.05) is 25.9 Å². The molecule has 1 aliphatic carbocycles. The predicted octanol–water partition coefficient (Wildman–Crippen LogP) is 2.40. The third kappa shape index (κ3) is 3.21. The maximum atomic E-state index is 14.0. The Kier molecular flexibility index (Phi) is 4.04. The Morgan fingerprint density at radius 1 is 1.18 bits per heavy atom. The Hall–Kier alpha value is -1.69. The van der Waals surface area contributed by atoms with Crippen LogP contribution in [0.25, 0.3) is 0 Å². The molecule has 3 rings (SSSR count). The van der Waals surface area contributed by atoms with Gasteiger partial charge in [-0.15, -0.1) is 0 Å². The summed E-state index contributed by atoms with van der Waals surface area (Å²) in [5.41, 5.74) is -1.11. The van der Waals surface area contributed by atoms with Crippen LogP contribution >= 0.6 is 0 Å². The molecule has 1 unspecified atom stereocenters. The zero-order valence-electron chi connectivity index (χ0n) is 12.4. The minimum atomic E-state index is -2.76. The molecule has 0 spiro atoms. The van der Waals surface area contributed by atoms with Crippen LogP contribution in [0.3, 0.4) is 0 Å². The van der Waals surface area contributed by atoms with E-state index in [1.807, 2.05) is 18.2 Å². The largest absolute Gasteiger partial charge is 0.472 e. The smallest absolute Gasteiger partial charge is 0.253 e. The SMILES string of the molecule is O=C1CN(C2(Oc3ccccc3)CCCC(F)(F)C2)CCN1. The second-order valence-corrected chi connectivity index (χ2v) is 6.02. The molecule has 1 amide bonds. The summed E-state index contributed by atoms with van der Waals surface area (Å²) >= 11 is 0. The number of benzene rings is 1. The first kappa shape index (κ1) is 15.2. The van der Waals surface area contributed by atoms with Gasteiger partial charge >= 0.3 is 0 Å². The van der Waals surface area contributed by atoms with E-state index in [1.54, 1.807) is 17.0 Å². The molecular weight excluding hydrogens is 290 g/mol. The van der Waals surface area contributed by atoms with Crippen molar-refractivity contribution in [2.45, 2.75) is 37.3 Å². The van der Waals surface area contributed by atoms with Crippen LogP contribution in [-0.4, -0.2) is 42.1 Å². The molecule has 0 bridgehead atoms. The summed E-state index contributed by atoms with van der Waals surface area (Å²) in [6.07, 6.45) is 0.401. The van der Waals surface area contributed by atoms with Crippen molar-refractivity contribution in [1.82, 2.24) is 10.2 Å². The van der Waals surface area contributed by atoms with Gasteiger partial charge in [0.15, 0.2) is 5.72 Å². The van der Waals surface area contributed by atoms with E-state index in [0.717, 1.165) is 0 Å². The quantitative estimate of drug-likeness (QED) is 0.932. The van der Waals surface area contributed by atoms with E-state index >= 15 is 0 Å². The topological polar surface area (TPSA) is 41.6 Å². The molecule has 6 heteroatoms. The number of para-hydroxylation sites is 1. The summed E-state index contributed by atoms with van der Waals surface area (Å²) in [4.78, 5) is 13.4. The summed E-state index contributed by atoms with van der Waals surface area (Å²) in [6, 6.07) is 9.00. The average Bonchev–Trinajstić information content (AvgIpc) is 2.47. The van der Waals surface area contributed by atoms with Gasteiger partial charge in [-0.3, -0.25) is 9.69 Å². The van der Waals surface area contributed by atoms with Crippen LogP contribution < -0.4 is 10.1 Å². The molecule has 120 valence electrons. The van der Waals surface area contributed by atoms with Crippen LogP contribution in [0, 0.1) is 0 Å². The summed E-state index contributed by atoms with van der Waals surface area (Å²) in [6.45, 7) is 1.09. The number of piperazine rings is 1. The molecular formula is C16H20F2N2O2. The second kappa shape index (κ2) is 5.83. The molecule has 1 heterocycles. The lowest BCUT2D eigenvalue weighted by atomic mass is 9.86. The number of hydrogen-bond donors (Lipinski definition) is 1. The fraction of sp³-hybridized carbons (Fsp3) is 0.562. The second-order valence-electron chi connectivity index (χ2n) is 6.02. The highest BCUT2D eigenvalue weighted by molar-refractivity contribution is 5.78. The van der Waals surface area contributed by atoms with Crippen molar-refractivity contribution in [3.8, 4) is 5.75 Å². The first-order valence-electron chi connectivity index (χ1n) is 7.63. The Morgan fingerprint density at radius 3 is 2.64 bits per heavy atom. The Balaban J connectivity index is 1.89. The lowest BCUT2D eigenvalue weighted by Gasteiger charge is -2.48. The molecule has 1 N–H and O–H groups in total. The van der Waals surface area contributed by atoms with Crippen molar-refractivity contribution in [3.05, 3.63) is 30.3 Å². The highest BCUT2D eigenvalue weighted by Crippen LogP contribution is 2.43. The molecule has 2 aliphatic rings. The maximum absolute atomic E-state index is 14.0. The highest BCUT2D eigenvalue weighted by Gasteiger charge is 2.51. The molecule has 1 aromatic carbocycles. The fourth-order valence-electron chi connectivity index (χ4n) is 3.32. The van der Waals surface area contributed by atoms with E-state index in [4.69, 9.17) is 4.74 Å². The molecule has 1 aromatic rings. The van der Waals surface area contributed by atoms with Gasteiger partial charge in [-0.2, -0.15) is 0 Å². The molecule has 2 fully saturated rings. The molecule has 0 aromatic heterocycles. The third-order valence-electron chi connectivity index (χ3n) is 4.31. The van der Waals surface area contributed by atoms with Crippen molar-refractivity contribution in [3.63, 3.8) is 0 Å². The first-order chi connectivity index (χ1) is 10.5. The monoisotopic (exact) mass is 310 g/mol. The highest BCUT2D eigenvalue weighted by atomic mass is 19.3. The lowest BCUT2D eigenvalue weighted by Crippen LogP contribution is -2.63. The van der Waals surface area contributed by atoms with Crippen molar-refractivity contribution in [2.24, 2.45) is 0 Å². The third-order valence-corrected chi connectivity index (χ3v) is 4.31. The minimum Gasteiger partial charge on any atom is -0.472 e. The van der Waals surface area contributed by atoms with E-state index < -0.39 is 11.6 Å². The number of halogens is 2. The van der Waals surface area contributed by atoms with Gasteiger partial charge in [-0.25, -0.2) is 8.78 Å². The molecule has 4 nitrogen and oxygen atoms in total. The summed E-state index contributed by atoms with van der Waals surface area (Å²) in [7, 11) is 0. The number of amides is 1. The average molecular weight is 310 g/mol. The molecule has 1 aliphatic heterocycles. The summed E-state index contributed by atoms with van der Waals surface area (Å²) in [5.74, 6) is -2.34. The van der Waals surface area contributed by atoms with Gasteiger partial charge in [0.2, 0.25) is 5.91 Å². The van der Waals surface area contributed by atoms with Crippen molar-refractivity contribution in [1.29, 1.82) is 0 Å². The van der Waals surface area contributed by atoms with Gasteiger partial charge < -0.3 is 10.1 Å². The van der Waals surface area contributed by atoms with E-state index in [1.165, 1.54) is 0 Å². The van der Waals surface area contributed by atoms with Gasteiger partial charge in [0.25, 0.3) is 5.92 Å². The molecule has 22 heavy (non-hydrogen) atoms. The molecule has 1 saturated heterocycles. The number of nitrogens with one attached hydrogen (secondary N) is 1. The van der Waals surface area contributed by atoms with Crippen LogP contribution in [0.4, 0.5) is 8.78 Å². The summed E-state index contributed by atoms with van der Waals surface area (Å²) in [5, 5.41) is 2.73. The number of hydrogen-bond acceptors (Lipinski definition) is 3. The Labute approximate surface area is 128 Å². The fourth-order valence-corrected chi connectivity index (χ4v) is 3.32. The standard InChI is InChI=1S/C16H20F2N2O2/c17-15(18)7-4-8-16(12-15,20-10-9-19-14(21)11-20)22-13-5-2-1-3-6-13/h1-3,5-6H,4,7-12H2,(H,19,21). The molecule has 0 radical (unpaired) electrons. The van der Waals surface area contributed by atoms with Gasteiger partial charge in [0.1, 0.15) is 5.75 Å². The minimum absolute atomic E-state index is 0.100. The van der Waals surface area contributed by atoms with Gasteiger partial charge in [0.05, 0.1) is 13.0 Å². The van der Waals surface area contributed by atoms with Crippen LogP contribution in [0.5, 0.6) is 5.75 Å². The zero-order chi connectivity index (χ0) is 15.6. The summed E-state index contributed by atoms with van der Waals surface area (Å²) < 4.78 is 34.1. The number of carbonyl (C=O) groups excluding carboxylic acids is 1. The van der Waals surface area contributed by atoms with Gasteiger partial charge in [-0.1, -0.05) is 18.2 Å². The number of carbonyl (C=O) groups is 1. The van der Waals surface area contributed by atoms with Crippen molar-refractivity contribution < 1.29 is 18.3 Å². The van der Waals surface area contributed by atoms with E-state index in [2.05, 4.69) is 5.32 Å². The van der Waals surface area contributed by atoms with E-state index in [9.17, 15) is 13.6 Å². The van der Waals surface area contributed by atoms with Gasteiger partial charge in [-0.05, 0) is 18.6 Å². The van der Waals surface area contributed by atoms with Crippen molar-refractivity contribution >= 4 is 5.91 Å².